The van der Waals surface area contributed by atoms with E-state index in [2.05, 4.69) is 6.58 Å². The van der Waals surface area contributed by atoms with Crippen molar-refractivity contribution >= 4 is 23.5 Å². The Morgan fingerprint density at radius 3 is 2.44 bits per heavy atom. The molecule has 180 valence electrons. The topological polar surface area (TPSA) is 126 Å². The van der Waals surface area contributed by atoms with Crippen molar-refractivity contribution in [1.29, 1.82) is 0 Å². The van der Waals surface area contributed by atoms with Gasteiger partial charge in [-0.05, 0) is 24.3 Å². The zero-order valence-electron chi connectivity index (χ0n) is 19.0. The number of ether oxygens (including phenoxy) is 3. The minimum absolute atomic E-state index is 0.0494. The standard InChI is InChI=1S/C23H33ClO8/c1-8-9(2)17-20(31-17)22(6)14(27)7-13(26)10(3)16(24)19-23(29,11(4)21(28)32-19)18(15(8)22)30-12(5)25/h8-9,11,13-20,26-27,29H,3,7H2,1-2,4-6H3/t8-,9+,11-,13-,14-,15+,16-,17-,18-,19-,20-,22+,23+/m0/s1. The summed E-state index contributed by atoms with van der Waals surface area (Å²) in [6.07, 6.45) is -5.28. The van der Waals surface area contributed by atoms with Crippen LogP contribution in [0.4, 0.5) is 0 Å². The molecule has 0 radical (unpaired) electrons. The quantitative estimate of drug-likeness (QED) is 0.225. The molecule has 0 spiro atoms. The second-order valence-electron chi connectivity index (χ2n) is 10.4. The largest absolute Gasteiger partial charge is 0.459 e. The SMILES string of the molecule is C=C1[C@@H](O)C[C@H](O)[C@]2(C)[C@H]([C@@H](C)[C@@H](C)[C@@H]3O[C@@H]32)[C@H](OC(C)=O)[C@]2(O)[C@@H](C)C(=O)O[C@H]2[C@H]1Cl. The number of epoxide rings is 1. The van der Waals surface area contributed by atoms with Crippen LogP contribution in [0.1, 0.15) is 41.0 Å². The first-order valence-corrected chi connectivity index (χ1v) is 11.7. The van der Waals surface area contributed by atoms with Gasteiger partial charge in [0.05, 0.1) is 35.7 Å². The van der Waals surface area contributed by atoms with Crippen LogP contribution < -0.4 is 0 Å². The van der Waals surface area contributed by atoms with Gasteiger partial charge in [-0.2, -0.15) is 0 Å². The lowest BCUT2D eigenvalue weighted by Gasteiger charge is -2.55. The molecule has 13 atom stereocenters. The number of halogens is 1. The van der Waals surface area contributed by atoms with Crippen molar-refractivity contribution in [3.8, 4) is 0 Å². The molecule has 8 nitrogen and oxygen atoms in total. The van der Waals surface area contributed by atoms with Crippen molar-refractivity contribution in [3.05, 3.63) is 12.2 Å². The van der Waals surface area contributed by atoms with E-state index in [-0.39, 0.29) is 36.0 Å². The number of fused-ring (bicyclic) bond motifs is 4. The molecule has 0 bridgehead atoms. The molecule has 0 amide bonds. The smallest absolute Gasteiger partial charge is 0.312 e. The Bertz CT molecular complexity index is 833. The van der Waals surface area contributed by atoms with Gasteiger partial charge in [-0.1, -0.05) is 27.4 Å². The van der Waals surface area contributed by atoms with Gasteiger partial charge in [0.15, 0.2) is 11.7 Å². The molecule has 0 unspecified atom stereocenters. The van der Waals surface area contributed by atoms with Gasteiger partial charge in [-0.15, -0.1) is 11.6 Å². The molecule has 9 heteroatoms. The molecular formula is C23H33ClO8. The molecule has 2 saturated heterocycles. The second-order valence-corrected chi connectivity index (χ2v) is 10.8. The summed E-state index contributed by atoms with van der Waals surface area (Å²) in [7, 11) is 0. The van der Waals surface area contributed by atoms with Gasteiger partial charge >= 0.3 is 11.9 Å². The van der Waals surface area contributed by atoms with E-state index in [4.69, 9.17) is 25.8 Å². The number of rotatable bonds is 1. The van der Waals surface area contributed by atoms with Crippen LogP contribution in [0.25, 0.3) is 0 Å². The summed E-state index contributed by atoms with van der Waals surface area (Å²) < 4.78 is 17.3. The summed E-state index contributed by atoms with van der Waals surface area (Å²) in [4.78, 5) is 25.0. The maximum absolute atomic E-state index is 12.7. The van der Waals surface area contributed by atoms with Crippen LogP contribution in [-0.4, -0.2) is 74.9 Å². The Morgan fingerprint density at radius 1 is 1.22 bits per heavy atom. The van der Waals surface area contributed by atoms with Crippen LogP contribution in [0, 0.1) is 29.1 Å². The third-order valence-corrected chi connectivity index (χ3v) is 9.31. The molecule has 3 N–H and O–H groups in total. The van der Waals surface area contributed by atoms with Gasteiger partial charge in [-0.25, -0.2) is 0 Å². The van der Waals surface area contributed by atoms with Crippen molar-refractivity contribution < 1.29 is 39.1 Å². The fourth-order valence-electron chi connectivity index (χ4n) is 6.51. The highest BCUT2D eigenvalue weighted by Crippen LogP contribution is 2.62. The minimum Gasteiger partial charge on any atom is -0.459 e. The van der Waals surface area contributed by atoms with E-state index >= 15 is 0 Å². The number of carbonyl (C=O) groups excluding carboxylic acids is 2. The highest BCUT2D eigenvalue weighted by Gasteiger charge is 2.73. The Hall–Kier alpha value is -1.19. The fourth-order valence-corrected chi connectivity index (χ4v) is 6.91. The molecule has 0 aromatic carbocycles. The highest BCUT2D eigenvalue weighted by molar-refractivity contribution is 6.23. The molecule has 32 heavy (non-hydrogen) atoms. The Morgan fingerprint density at radius 2 is 1.84 bits per heavy atom. The molecule has 2 aliphatic heterocycles. The maximum Gasteiger partial charge on any atom is 0.312 e. The Balaban J connectivity index is 1.96. The van der Waals surface area contributed by atoms with Crippen molar-refractivity contribution in [3.63, 3.8) is 0 Å². The lowest BCUT2D eigenvalue weighted by Crippen LogP contribution is -2.67. The molecule has 2 saturated carbocycles. The lowest BCUT2D eigenvalue weighted by atomic mass is 9.52. The van der Waals surface area contributed by atoms with Gasteiger partial charge in [0.2, 0.25) is 0 Å². The second kappa shape index (κ2) is 7.67. The van der Waals surface area contributed by atoms with Crippen LogP contribution in [0.3, 0.4) is 0 Å². The minimum atomic E-state index is -2.00. The molecule has 2 heterocycles. The fraction of sp³-hybridized carbons (Fsp3) is 0.826. The molecule has 2 aliphatic carbocycles. The van der Waals surface area contributed by atoms with Crippen LogP contribution in [0.5, 0.6) is 0 Å². The van der Waals surface area contributed by atoms with E-state index in [0.29, 0.717) is 0 Å². The number of aliphatic hydroxyl groups excluding tert-OH is 2. The maximum atomic E-state index is 12.7. The third-order valence-electron chi connectivity index (χ3n) is 8.80. The van der Waals surface area contributed by atoms with Gasteiger partial charge in [0.1, 0.15) is 6.10 Å². The number of alkyl halides is 1. The van der Waals surface area contributed by atoms with E-state index in [9.17, 15) is 24.9 Å². The average molecular weight is 473 g/mol. The van der Waals surface area contributed by atoms with Gasteiger partial charge in [0.25, 0.3) is 0 Å². The number of hydrogen-bond donors (Lipinski definition) is 3. The van der Waals surface area contributed by atoms with E-state index in [1.54, 1.807) is 0 Å². The monoisotopic (exact) mass is 472 g/mol. The summed E-state index contributed by atoms with van der Waals surface area (Å²) in [5, 5.41) is 33.2. The van der Waals surface area contributed by atoms with E-state index in [1.165, 1.54) is 13.8 Å². The molecule has 4 rings (SSSR count). The van der Waals surface area contributed by atoms with Gasteiger partial charge in [-0.3, -0.25) is 9.59 Å². The van der Waals surface area contributed by atoms with Gasteiger partial charge < -0.3 is 29.5 Å². The first-order valence-electron chi connectivity index (χ1n) is 11.2. The normalized spacial score (nSPS) is 55.2. The predicted molar refractivity (Wildman–Crippen MR) is 114 cm³/mol. The first kappa shape index (κ1) is 24.0. The Labute approximate surface area is 192 Å². The zero-order chi connectivity index (χ0) is 23.9. The van der Waals surface area contributed by atoms with Crippen molar-refractivity contribution in [2.45, 2.75) is 88.6 Å². The molecular weight excluding hydrogens is 440 g/mol. The van der Waals surface area contributed by atoms with Crippen LogP contribution in [-0.2, 0) is 23.8 Å². The lowest BCUT2D eigenvalue weighted by molar-refractivity contribution is -0.219. The van der Waals surface area contributed by atoms with Crippen LogP contribution in [0.15, 0.2) is 12.2 Å². The van der Waals surface area contributed by atoms with Crippen LogP contribution >= 0.6 is 11.6 Å². The Kier molecular flexibility index (Phi) is 5.74. The number of hydrogen-bond acceptors (Lipinski definition) is 8. The predicted octanol–water partition coefficient (Wildman–Crippen LogP) is 1.18. The van der Waals surface area contributed by atoms with Crippen molar-refractivity contribution in [2.75, 3.05) is 0 Å². The molecule has 0 aromatic rings. The summed E-state index contributed by atoms with van der Waals surface area (Å²) in [5.74, 6) is -3.10. The number of aliphatic hydroxyl groups is 3. The third kappa shape index (κ3) is 3.10. The highest BCUT2D eigenvalue weighted by atomic mass is 35.5. The van der Waals surface area contributed by atoms with Crippen molar-refractivity contribution in [1.82, 2.24) is 0 Å². The summed E-state index contributed by atoms with van der Waals surface area (Å²) in [6, 6.07) is 0. The van der Waals surface area contributed by atoms with E-state index < -0.39 is 64.6 Å². The molecule has 4 aliphatic rings. The number of carbonyl (C=O) groups is 2. The summed E-state index contributed by atoms with van der Waals surface area (Å²) in [5.41, 5.74) is -2.87. The first-order chi connectivity index (χ1) is 14.8. The van der Waals surface area contributed by atoms with Crippen molar-refractivity contribution in [2.24, 2.45) is 29.1 Å². The molecule has 0 aromatic heterocycles. The van der Waals surface area contributed by atoms with E-state index in [1.807, 2.05) is 20.8 Å². The molecule has 4 fully saturated rings. The van der Waals surface area contributed by atoms with Gasteiger partial charge in [0, 0.05) is 24.7 Å². The zero-order valence-corrected chi connectivity index (χ0v) is 19.8. The summed E-state index contributed by atoms with van der Waals surface area (Å²) in [6.45, 7) is 12.4. The van der Waals surface area contributed by atoms with E-state index in [0.717, 1.165) is 0 Å². The average Bonchev–Trinajstić information content (AvgIpc) is 3.50. The van der Waals surface area contributed by atoms with Crippen LogP contribution in [0.2, 0.25) is 0 Å². The summed E-state index contributed by atoms with van der Waals surface area (Å²) >= 11 is 6.60. The number of esters is 2.